The number of carbonyl (C=O) groups excluding carboxylic acids is 2. The SMILES string of the molecule is O=C(OC12CC3CC(C1)CC(C(=O)Oc1ccc(S(=O)(=O)O)cc1)(C3)C2)c1ccc(I)cc1. The molecule has 9 heteroatoms. The highest BCUT2D eigenvalue weighted by atomic mass is 127. The van der Waals surface area contributed by atoms with Crippen LogP contribution in [0.25, 0.3) is 0 Å². The zero-order valence-corrected chi connectivity index (χ0v) is 20.7. The highest BCUT2D eigenvalue weighted by Gasteiger charge is 2.63. The van der Waals surface area contributed by atoms with Crippen molar-refractivity contribution in [1.29, 1.82) is 0 Å². The largest absolute Gasteiger partial charge is 0.455 e. The van der Waals surface area contributed by atoms with Gasteiger partial charge in [0.05, 0.1) is 15.9 Å². The predicted molar refractivity (Wildman–Crippen MR) is 126 cm³/mol. The number of benzene rings is 2. The molecule has 7 nitrogen and oxygen atoms in total. The number of hydrogen-bond acceptors (Lipinski definition) is 6. The summed E-state index contributed by atoms with van der Waals surface area (Å²) >= 11 is 2.18. The molecule has 0 aliphatic heterocycles. The van der Waals surface area contributed by atoms with Crippen LogP contribution >= 0.6 is 22.6 Å². The van der Waals surface area contributed by atoms with E-state index in [1.165, 1.54) is 24.3 Å². The summed E-state index contributed by atoms with van der Waals surface area (Å²) in [6.07, 6.45) is 4.39. The molecule has 2 unspecified atom stereocenters. The van der Waals surface area contributed by atoms with Crippen molar-refractivity contribution < 1.29 is 32.0 Å². The molecular formula is C24H23IO7S. The highest BCUT2D eigenvalue weighted by molar-refractivity contribution is 14.1. The second-order valence-electron chi connectivity index (χ2n) is 9.66. The Morgan fingerprint density at radius 2 is 1.55 bits per heavy atom. The molecule has 4 fully saturated rings. The molecule has 0 radical (unpaired) electrons. The number of rotatable bonds is 5. The van der Waals surface area contributed by atoms with Gasteiger partial charge in [-0.05, 0) is 115 Å². The number of halogens is 1. The van der Waals surface area contributed by atoms with Crippen LogP contribution in [0.15, 0.2) is 53.4 Å². The summed E-state index contributed by atoms with van der Waals surface area (Å²) in [7, 11) is -4.32. The van der Waals surface area contributed by atoms with E-state index in [1.807, 2.05) is 12.1 Å². The summed E-state index contributed by atoms with van der Waals surface area (Å²) < 4.78 is 44.4. The Bertz CT molecular complexity index is 1190. The monoisotopic (exact) mass is 582 g/mol. The van der Waals surface area contributed by atoms with Crippen LogP contribution < -0.4 is 4.74 Å². The molecule has 4 bridgehead atoms. The van der Waals surface area contributed by atoms with Gasteiger partial charge in [-0.2, -0.15) is 8.42 Å². The Morgan fingerprint density at radius 3 is 2.12 bits per heavy atom. The maximum Gasteiger partial charge on any atom is 0.338 e. The van der Waals surface area contributed by atoms with Crippen LogP contribution in [-0.4, -0.2) is 30.5 Å². The number of ether oxygens (including phenoxy) is 2. The van der Waals surface area contributed by atoms with Gasteiger partial charge in [-0.25, -0.2) is 4.79 Å². The predicted octanol–water partition coefficient (Wildman–Crippen LogP) is 4.64. The van der Waals surface area contributed by atoms with E-state index in [0.717, 1.165) is 22.8 Å². The lowest BCUT2D eigenvalue weighted by atomic mass is 9.48. The van der Waals surface area contributed by atoms with Crippen LogP contribution in [0.1, 0.15) is 48.9 Å². The molecule has 4 saturated carbocycles. The summed E-state index contributed by atoms with van der Waals surface area (Å²) in [5.41, 5.74) is -0.891. The average Bonchev–Trinajstić information content (AvgIpc) is 2.72. The summed E-state index contributed by atoms with van der Waals surface area (Å²) in [6.45, 7) is 0. The maximum absolute atomic E-state index is 13.4. The molecule has 33 heavy (non-hydrogen) atoms. The fourth-order valence-electron chi connectivity index (χ4n) is 6.27. The van der Waals surface area contributed by atoms with Crippen molar-refractivity contribution in [3.8, 4) is 5.75 Å². The molecular weight excluding hydrogens is 559 g/mol. The summed E-state index contributed by atoms with van der Waals surface area (Å²) in [6, 6.07) is 12.3. The minimum absolute atomic E-state index is 0.216. The van der Waals surface area contributed by atoms with E-state index in [9.17, 15) is 18.0 Å². The highest BCUT2D eigenvalue weighted by Crippen LogP contribution is 2.63. The van der Waals surface area contributed by atoms with Crippen LogP contribution in [0.2, 0.25) is 0 Å². The van der Waals surface area contributed by atoms with Gasteiger partial charge in [-0.15, -0.1) is 0 Å². The van der Waals surface area contributed by atoms with Crippen LogP contribution in [-0.2, 0) is 19.6 Å². The van der Waals surface area contributed by atoms with E-state index in [4.69, 9.17) is 14.0 Å². The molecule has 0 spiro atoms. The van der Waals surface area contributed by atoms with E-state index in [-0.39, 0.29) is 22.6 Å². The van der Waals surface area contributed by atoms with Crippen molar-refractivity contribution in [1.82, 2.24) is 0 Å². The Kier molecular flexibility index (Phi) is 5.56. The molecule has 2 atom stereocenters. The van der Waals surface area contributed by atoms with E-state index >= 15 is 0 Å². The first-order chi connectivity index (χ1) is 15.6. The smallest absolute Gasteiger partial charge is 0.338 e. The zero-order chi connectivity index (χ0) is 23.4. The third-order valence-corrected chi connectivity index (χ3v) is 8.75. The van der Waals surface area contributed by atoms with Crippen molar-refractivity contribution in [2.24, 2.45) is 17.3 Å². The van der Waals surface area contributed by atoms with Crippen molar-refractivity contribution in [3.05, 3.63) is 57.7 Å². The number of hydrogen-bond donors (Lipinski definition) is 1. The topological polar surface area (TPSA) is 107 Å². The molecule has 2 aromatic carbocycles. The van der Waals surface area contributed by atoms with Crippen LogP contribution in [0, 0.1) is 20.8 Å². The van der Waals surface area contributed by atoms with Gasteiger partial charge < -0.3 is 9.47 Å². The number of esters is 2. The van der Waals surface area contributed by atoms with Crippen molar-refractivity contribution in [3.63, 3.8) is 0 Å². The van der Waals surface area contributed by atoms with E-state index in [1.54, 1.807) is 12.1 Å². The summed E-state index contributed by atoms with van der Waals surface area (Å²) in [5.74, 6) is 0.0760. The summed E-state index contributed by atoms with van der Waals surface area (Å²) in [4.78, 5) is 26.0. The van der Waals surface area contributed by atoms with E-state index < -0.39 is 21.1 Å². The maximum atomic E-state index is 13.4. The van der Waals surface area contributed by atoms with Gasteiger partial charge >= 0.3 is 11.9 Å². The second-order valence-corrected chi connectivity index (χ2v) is 12.3. The van der Waals surface area contributed by atoms with E-state index in [2.05, 4.69) is 22.6 Å². The molecule has 2 aromatic rings. The minimum atomic E-state index is -4.32. The van der Waals surface area contributed by atoms with Crippen molar-refractivity contribution in [2.45, 2.75) is 49.0 Å². The first-order valence-corrected chi connectivity index (χ1v) is 13.4. The van der Waals surface area contributed by atoms with Gasteiger partial charge in [-0.3, -0.25) is 9.35 Å². The van der Waals surface area contributed by atoms with Crippen LogP contribution in [0.3, 0.4) is 0 Å². The van der Waals surface area contributed by atoms with Crippen LogP contribution in [0.4, 0.5) is 0 Å². The normalized spacial score (nSPS) is 30.1. The molecule has 0 heterocycles. The van der Waals surface area contributed by atoms with Gasteiger partial charge in [0.2, 0.25) is 0 Å². The standard InChI is InChI=1S/C24H23IO7S/c25-18-3-1-17(2-4-18)21(26)32-24-12-15-9-16(13-24)11-23(10-15,14-24)22(27)31-19-5-7-20(8-6-19)33(28,29)30/h1-8,15-16H,9-14H2,(H,28,29,30). The van der Waals surface area contributed by atoms with Gasteiger partial charge in [0.1, 0.15) is 11.4 Å². The van der Waals surface area contributed by atoms with Gasteiger partial charge in [0.15, 0.2) is 0 Å². The Hall–Kier alpha value is -1.98. The molecule has 0 aromatic heterocycles. The lowest BCUT2D eigenvalue weighted by Gasteiger charge is -2.59. The fraction of sp³-hybridized carbons (Fsp3) is 0.417. The fourth-order valence-corrected chi connectivity index (χ4v) is 7.11. The zero-order valence-electron chi connectivity index (χ0n) is 17.7. The third kappa shape index (κ3) is 4.42. The molecule has 0 saturated heterocycles. The average molecular weight is 582 g/mol. The molecule has 1 N–H and O–H groups in total. The minimum Gasteiger partial charge on any atom is -0.455 e. The van der Waals surface area contributed by atoms with Gasteiger partial charge in [-0.1, -0.05) is 0 Å². The van der Waals surface area contributed by atoms with Crippen molar-refractivity contribution in [2.75, 3.05) is 0 Å². The lowest BCUT2D eigenvalue weighted by Crippen LogP contribution is -2.60. The third-order valence-electron chi connectivity index (χ3n) is 7.16. The van der Waals surface area contributed by atoms with E-state index in [0.29, 0.717) is 36.7 Å². The summed E-state index contributed by atoms with van der Waals surface area (Å²) in [5, 5.41) is 0. The Balaban J connectivity index is 1.35. The van der Waals surface area contributed by atoms with Crippen molar-refractivity contribution >= 4 is 44.6 Å². The molecule has 4 aliphatic rings. The Morgan fingerprint density at radius 1 is 0.939 bits per heavy atom. The first-order valence-electron chi connectivity index (χ1n) is 10.8. The molecule has 4 aliphatic carbocycles. The molecule has 6 rings (SSSR count). The van der Waals surface area contributed by atoms with Gasteiger partial charge in [0, 0.05) is 9.99 Å². The number of carbonyl (C=O) groups is 2. The second kappa shape index (κ2) is 8.06. The first kappa shape index (κ1) is 22.8. The molecule has 174 valence electrons. The lowest BCUT2D eigenvalue weighted by molar-refractivity contribution is -0.189. The quantitative estimate of drug-likeness (QED) is 0.237. The Labute approximate surface area is 205 Å². The molecule has 0 amide bonds. The van der Waals surface area contributed by atoms with Crippen LogP contribution in [0.5, 0.6) is 5.75 Å². The van der Waals surface area contributed by atoms with Gasteiger partial charge in [0.25, 0.3) is 10.1 Å².